The predicted octanol–water partition coefficient (Wildman–Crippen LogP) is 4.75. The molecular weight excluding hydrogens is 335 g/mol. The average Bonchev–Trinajstić information content (AvgIpc) is 2.51. The van der Waals surface area contributed by atoms with Gasteiger partial charge in [0.25, 0.3) is 0 Å². The highest BCUT2D eigenvalue weighted by molar-refractivity contribution is 6.32. The number of carbonyl (C=O) groups excluding carboxylic acids is 1. The quantitative estimate of drug-likeness (QED) is 0.788. The molecule has 0 radical (unpaired) electrons. The van der Waals surface area contributed by atoms with Crippen molar-refractivity contribution in [1.82, 2.24) is 0 Å². The van der Waals surface area contributed by atoms with Crippen molar-refractivity contribution in [3.8, 4) is 5.75 Å². The molecule has 0 heterocycles. The third-order valence-electron chi connectivity index (χ3n) is 3.31. The van der Waals surface area contributed by atoms with E-state index in [1.165, 1.54) is 0 Å². The fraction of sp³-hybridized carbons (Fsp3) is 0.235. The molecule has 1 amide bonds. The zero-order chi connectivity index (χ0) is 16.8. The molecule has 2 aromatic carbocycles. The Kier molecular flexibility index (Phi) is 6.13. The van der Waals surface area contributed by atoms with Crippen molar-refractivity contribution in [2.45, 2.75) is 13.3 Å². The Labute approximate surface area is 145 Å². The first kappa shape index (κ1) is 17.4. The standard InChI is InChI=1S/C17H18Cl2N2O2/c1-11-3-4-12(18)9-15(11)21-17(22)7-8-20-13-5-6-16(23-2)14(19)10-13/h3-6,9-10,20H,7-8H2,1-2H3,(H,21,22). The second-order valence-corrected chi connectivity index (χ2v) is 5.88. The van der Waals surface area contributed by atoms with Crippen LogP contribution >= 0.6 is 23.2 Å². The van der Waals surface area contributed by atoms with Gasteiger partial charge in [-0.15, -0.1) is 0 Å². The number of ether oxygens (including phenoxy) is 1. The van der Waals surface area contributed by atoms with Gasteiger partial charge in [-0.1, -0.05) is 29.3 Å². The van der Waals surface area contributed by atoms with Crippen molar-refractivity contribution in [2.24, 2.45) is 0 Å². The second kappa shape index (κ2) is 8.09. The first-order chi connectivity index (χ1) is 11.0. The lowest BCUT2D eigenvalue weighted by Crippen LogP contribution is -2.16. The number of halogens is 2. The van der Waals surface area contributed by atoms with Gasteiger partial charge in [-0.25, -0.2) is 0 Å². The van der Waals surface area contributed by atoms with E-state index in [1.54, 1.807) is 31.4 Å². The molecule has 2 aromatic rings. The molecule has 23 heavy (non-hydrogen) atoms. The van der Waals surface area contributed by atoms with Crippen molar-refractivity contribution in [3.05, 3.63) is 52.0 Å². The second-order valence-electron chi connectivity index (χ2n) is 5.03. The molecule has 6 heteroatoms. The SMILES string of the molecule is COc1ccc(NCCC(=O)Nc2cc(Cl)ccc2C)cc1Cl. The van der Waals surface area contributed by atoms with Crippen LogP contribution in [0, 0.1) is 6.92 Å². The van der Waals surface area contributed by atoms with E-state index in [0.29, 0.717) is 28.8 Å². The van der Waals surface area contributed by atoms with Crippen molar-refractivity contribution in [3.63, 3.8) is 0 Å². The molecule has 0 fully saturated rings. The van der Waals surface area contributed by atoms with E-state index < -0.39 is 0 Å². The lowest BCUT2D eigenvalue weighted by Gasteiger charge is -2.11. The summed E-state index contributed by atoms with van der Waals surface area (Å²) in [6.45, 7) is 2.41. The Bertz CT molecular complexity index is 705. The zero-order valence-corrected chi connectivity index (χ0v) is 14.5. The molecule has 0 saturated heterocycles. The van der Waals surface area contributed by atoms with Gasteiger partial charge in [0, 0.05) is 29.4 Å². The van der Waals surface area contributed by atoms with Crippen LogP contribution in [0.4, 0.5) is 11.4 Å². The molecule has 2 N–H and O–H groups in total. The highest BCUT2D eigenvalue weighted by Gasteiger charge is 2.06. The first-order valence-corrected chi connectivity index (χ1v) is 7.88. The van der Waals surface area contributed by atoms with E-state index in [4.69, 9.17) is 27.9 Å². The molecule has 0 saturated carbocycles. The molecule has 0 unspecified atom stereocenters. The highest BCUT2D eigenvalue weighted by Crippen LogP contribution is 2.27. The minimum absolute atomic E-state index is 0.0810. The molecule has 0 bridgehead atoms. The van der Waals surface area contributed by atoms with Crippen LogP contribution < -0.4 is 15.4 Å². The van der Waals surface area contributed by atoms with Gasteiger partial charge >= 0.3 is 0 Å². The summed E-state index contributed by atoms with van der Waals surface area (Å²) < 4.78 is 5.10. The molecule has 122 valence electrons. The maximum Gasteiger partial charge on any atom is 0.226 e. The van der Waals surface area contributed by atoms with E-state index in [1.807, 2.05) is 19.1 Å². The van der Waals surface area contributed by atoms with E-state index in [2.05, 4.69) is 10.6 Å². The number of carbonyl (C=O) groups is 1. The van der Waals surface area contributed by atoms with Gasteiger partial charge in [-0.05, 0) is 42.8 Å². The Balaban J connectivity index is 1.85. The summed E-state index contributed by atoms with van der Waals surface area (Å²) in [6.07, 6.45) is 0.329. The molecule has 0 aliphatic carbocycles. The normalized spacial score (nSPS) is 10.3. The van der Waals surface area contributed by atoms with Crippen molar-refractivity contribution >= 4 is 40.5 Å². The van der Waals surface area contributed by atoms with Gasteiger partial charge in [-0.3, -0.25) is 4.79 Å². The Morgan fingerprint density at radius 1 is 1.17 bits per heavy atom. The molecule has 4 nitrogen and oxygen atoms in total. The maximum atomic E-state index is 12.0. The van der Waals surface area contributed by atoms with E-state index in [9.17, 15) is 4.79 Å². The van der Waals surface area contributed by atoms with E-state index >= 15 is 0 Å². The van der Waals surface area contributed by atoms with Crippen molar-refractivity contribution < 1.29 is 9.53 Å². The van der Waals surface area contributed by atoms with Crippen LogP contribution in [-0.4, -0.2) is 19.6 Å². The Morgan fingerprint density at radius 3 is 2.65 bits per heavy atom. The average molecular weight is 353 g/mol. The summed E-state index contributed by atoms with van der Waals surface area (Å²) in [6, 6.07) is 10.8. The lowest BCUT2D eigenvalue weighted by molar-refractivity contribution is -0.115. The van der Waals surface area contributed by atoms with Crippen molar-refractivity contribution in [1.29, 1.82) is 0 Å². The summed E-state index contributed by atoms with van der Waals surface area (Å²) in [4.78, 5) is 12.0. The summed E-state index contributed by atoms with van der Waals surface area (Å²) >= 11 is 12.0. The number of hydrogen-bond acceptors (Lipinski definition) is 3. The molecule has 0 spiro atoms. The number of rotatable bonds is 6. The zero-order valence-electron chi connectivity index (χ0n) is 13.0. The van der Waals surface area contributed by atoms with Crippen LogP contribution in [0.5, 0.6) is 5.75 Å². The topological polar surface area (TPSA) is 50.4 Å². The van der Waals surface area contributed by atoms with Gasteiger partial charge in [0.05, 0.1) is 12.1 Å². The van der Waals surface area contributed by atoms with Crippen LogP contribution in [0.3, 0.4) is 0 Å². The number of nitrogens with one attached hydrogen (secondary N) is 2. The summed E-state index contributed by atoms with van der Waals surface area (Å²) in [5.41, 5.74) is 2.54. The molecule has 0 atom stereocenters. The first-order valence-electron chi connectivity index (χ1n) is 7.13. The molecular formula is C17H18Cl2N2O2. The Hall–Kier alpha value is -1.91. The van der Waals surface area contributed by atoms with Crippen LogP contribution in [0.15, 0.2) is 36.4 Å². The Morgan fingerprint density at radius 2 is 1.96 bits per heavy atom. The predicted molar refractivity (Wildman–Crippen MR) is 95.9 cm³/mol. The van der Waals surface area contributed by atoms with Crippen LogP contribution in [-0.2, 0) is 4.79 Å². The van der Waals surface area contributed by atoms with Gasteiger partial charge in [0.2, 0.25) is 5.91 Å². The monoisotopic (exact) mass is 352 g/mol. The van der Waals surface area contributed by atoms with E-state index in [-0.39, 0.29) is 5.91 Å². The molecule has 0 aliphatic rings. The summed E-state index contributed by atoms with van der Waals surface area (Å²) in [5.74, 6) is 0.536. The van der Waals surface area contributed by atoms with Crippen LogP contribution in [0.25, 0.3) is 0 Å². The minimum atomic E-state index is -0.0810. The fourth-order valence-corrected chi connectivity index (χ4v) is 2.47. The number of hydrogen-bond donors (Lipinski definition) is 2. The fourth-order valence-electron chi connectivity index (χ4n) is 2.04. The van der Waals surface area contributed by atoms with E-state index in [0.717, 1.165) is 16.9 Å². The third-order valence-corrected chi connectivity index (χ3v) is 3.84. The van der Waals surface area contributed by atoms with Gasteiger partial charge in [0.15, 0.2) is 0 Å². The van der Waals surface area contributed by atoms with Crippen LogP contribution in [0.2, 0.25) is 10.0 Å². The highest BCUT2D eigenvalue weighted by atomic mass is 35.5. The van der Waals surface area contributed by atoms with Gasteiger partial charge < -0.3 is 15.4 Å². The minimum Gasteiger partial charge on any atom is -0.495 e. The smallest absolute Gasteiger partial charge is 0.226 e. The number of anilines is 2. The number of aryl methyl sites for hydroxylation is 1. The number of amides is 1. The van der Waals surface area contributed by atoms with Gasteiger partial charge in [0.1, 0.15) is 5.75 Å². The molecule has 2 rings (SSSR count). The molecule has 0 aromatic heterocycles. The molecule has 0 aliphatic heterocycles. The van der Waals surface area contributed by atoms with Crippen LogP contribution in [0.1, 0.15) is 12.0 Å². The number of methoxy groups -OCH3 is 1. The van der Waals surface area contributed by atoms with Gasteiger partial charge in [-0.2, -0.15) is 0 Å². The largest absolute Gasteiger partial charge is 0.495 e. The summed E-state index contributed by atoms with van der Waals surface area (Å²) in [7, 11) is 1.57. The number of benzene rings is 2. The third kappa shape index (κ3) is 5.05. The summed E-state index contributed by atoms with van der Waals surface area (Å²) in [5, 5.41) is 7.13. The lowest BCUT2D eigenvalue weighted by atomic mass is 10.2. The maximum absolute atomic E-state index is 12.0. The van der Waals surface area contributed by atoms with Crippen molar-refractivity contribution in [2.75, 3.05) is 24.3 Å².